The first-order valence-corrected chi connectivity index (χ1v) is 4.82. The quantitative estimate of drug-likeness (QED) is 0.518. The average Bonchev–Trinajstić information content (AvgIpc) is 2.52. The maximum Gasteiger partial charge on any atom is 0.406 e. The summed E-state index contributed by atoms with van der Waals surface area (Å²) in [5, 5.41) is 10.5. The molecule has 0 atom stereocenters. The lowest BCUT2D eigenvalue weighted by Gasteiger charge is -2.07. The topological polar surface area (TPSA) is 80.9 Å². The van der Waals surface area contributed by atoms with E-state index >= 15 is 0 Å². The van der Waals surface area contributed by atoms with Crippen LogP contribution in [0.1, 0.15) is 0 Å². The predicted octanol–water partition coefficient (Wildman–Crippen LogP) is 1.94. The van der Waals surface area contributed by atoms with Gasteiger partial charge in [-0.3, -0.25) is 14.7 Å². The largest absolute Gasteiger partial charge is 0.406 e. The first-order valence-electron chi connectivity index (χ1n) is 4.82. The molecule has 0 amide bonds. The third-order valence-electron chi connectivity index (χ3n) is 2.38. The number of alkyl halides is 3. The molecule has 19 heavy (non-hydrogen) atoms. The second kappa shape index (κ2) is 4.07. The number of hydrogen-bond acceptors (Lipinski definition) is 3. The van der Waals surface area contributed by atoms with Gasteiger partial charge >= 0.3 is 17.6 Å². The predicted molar refractivity (Wildman–Crippen MR) is 55.2 cm³/mol. The molecule has 1 heterocycles. The Morgan fingerprint density at radius 2 is 2.00 bits per heavy atom. The number of nitro benzene ring substituents is 1. The molecule has 1 aromatic heterocycles. The van der Waals surface area contributed by atoms with Crippen LogP contribution in [0.15, 0.2) is 16.9 Å². The number of hydrogen-bond donors (Lipinski definition) is 1. The molecule has 0 radical (unpaired) electrons. The van der Waals surface area contributed by atoms with E-state index in [1.54, 1.807) is 0 Å². The minimum Gasteiger partial charge on any atom is -0.305 e. The molecule has 10 heteroatoms. The highest BCUT2D eigenvalue weighted by atomic mass is 19.4. The molecule has 0 aliphatic carbocycles. The monoisotopic (exact) mass is 279 g/mol. The number of imidazole rings is 1. The zero-order chi connectivity index (χ0) is 14.4. The van der Waals surface area contributed by atoms with Gasteiger partial charge in [-0.05, 0) is 0 Å². The number of aromatic amines is 1. The first kappa shape index (κ1) is 13.1. The Morgan fingerprint density at radius 3 is 2.53 bits per heavy atom. The highest BCUT2D eigenvalue weighted by Crippen LogP contribution is 2.25. The number of H-pyrrole nitrogens is 1. The Morgan fingerprint density at radius 1 is 1.37 bits per heavy atom. The Balaban J connectivity index is 2.68. The van der Waals surface area contributed by atoms with Crippen molar-refractivity contribution >= 4 is 16.7 Å². The number of halogens is 4. The van der Waals surface area contributed by atoms with Crippen LogP contribution in [0.25, 0.3) is 11.0 Å². The molecular formula is C9H5F4N3O3. The summed E-state index contributed by atoms with van der Waals surface area (Å²) in [6, 6.07) is 1.20. The third-order valence-corrected chi connectivity index (χ3v) is 2.38. The van der Waals surface area contributed by atoms with Gasteiger partial charge in [0, 0.05) is 12.1 Å². The highest BCUT2D eigenvalue weighted by Gasteiger charge is 2.30. The van der Waals surface area contributed by atoms with Gasteiger partial charge in [0.1, 0.15) is 6.54 Å². The second-order valence-electron chi connectivity index (χ2n) is 3.71. The lowest BCUT2D eigenvalue weighted by molar-refractivity contribution is -0.387. The zero-order valence-corrected chi connectivity index (χ0v) is 8.99. The van der Waals surface area contributed by atoms with Gasteiger partial charge in [0.2, 0.25) is 5.82 Å². The summed E-state index contributed by atoms with van der Waals surface area (Å²) in [5.41, 5.74) is -2.66. The van der Waals surface area contributed by atoms with Crippen LogP contribution in [0.5, 0.6) is 0 Å². The number of nitrogens with one attached hydrogen (secondary N) is 1. The van der Waals surface area contributed by atoms with Gasteiger partial charge in [0.05, 0.1) is 16.0 Å². The fourth-order valence-electron chi connectivity index (χ4n) is 1.64. The Kier molecular flexibility index (Phi) is 2.80. The summed E-state index contributed by atoms with van der Waals surface area (Å²) in [7, 11) is 0. The molecular weight excluding hydrogens is 274 g/mol. The van der Waals surface area contributed by atoms with Gasteiger partial charge < -0.3 is 4.98 Å². The standard InChI is InChI=1S/C9H5F4N3O3/c10-4-1-7-5(2-6(4)16(18)19)14-8(17)15(7)3-9(11,12)13/h1-2H,3H2,(H,14,17). The smallest absolute Gasteiger partial charge is 0.305 e. The molecule has 0 bridgehead atoms. The minimum absolute atomic E-state index is 0.234. The molecule has 0 unspecified atom stereocenters. The molecule has 0 saturated carbocycles. The van der Waals surface area contributed by atoms with Gasteiger partial charge in [-0.2, -0.15) is 17.6 Å². The van der Waals surface area contributed by atoms with E-state index in [0.717, 1.165) is 0 Å². The Hall–Kier alpha value is -2.39. The van der Waals surface area contributed by atoms with E-state index in [-0.39, 0.29) is 15.6 Å². The number of nitrogens with zero attached hydrogens (tertiary/aromatic N) is 2. The van der Waals surface area contributed by atoms with Crippen molar-refractivity contribution in [2.45, 2.75) is 12.7 Å². The number of rotatable bonds is 2. The fraction of sp³-hybridized carbons (Fsp3) is 0.222. The van der Waals surface area contributed by atoms with Crippen molar-refractivity contribution < 1.29 is 22.5 Å². The van der Waals surface area contributed by atoms with Crippen LogP contribution >= 0.6 is 0 Å². The molecule has 1 N–H and O–H groups in total. The van der Waals surface area contributed by atoms with Crippen LogP contribution in [0.2, 0.25) is 0 Å². The summed E-state index contributed by atoms with van der Waals surface area (Å²) < 4.78 is 50.4. The van der Waals surface area contributed by atoms with E-state index in [1.807, 2.05) is 4.98 Å². The van der Waals surface area contributed by atoms with Crippen LogP contribution in [-0.2, 0) is 6.54 Å². The summed E-state index contributed by atoms with van der Waals surface area (Å²) >= 11 is 0. The molecule has 2 aromatic rings. The molecule has 1 aromatic carbocycles. The number of benzene rings is 1. The van der Waals surface area contributed by atoms with Crippen LogP contribution in [0.4, 0.5) is 23.2 Å². The lowest BCUT2D eigenvalue weighted by atomic mass is 10.2. The van der Waals surface area contributed by atoms with E-state index in [2.05, 4.69) is 0 Å². The van der Waals surface area contributed by atoms with Crippen molar-refractivity contribution in [2.24, 2.45) is 0 Å². The molecule has 0 aliphatic heterocycles. The van der Waals surface area contributed by atoms with Gasteiger partial charge in [-0.1, -0.05) is 0 Å². The fourth-order valence-corrected chi connectivity index (χ4v) is 1.64. The average molecular weight is 279 g/mol. The maximum atomic E-state index is 13.3. The van der Waals surface area contributed by atoms with E-state index in [9.17, 15) is 32.5 Å². The molecule has 0 spiro atoms. The normalized spacial score (nSPS) is 12.0. The lowest BCUT2D eigenvalue weighted by Crippen LogP contribution is -2.26. The van der Waals surface area contributed by atoms with Gasteiger partial charge in [0.25, 0.3) is 0 Å². The minimum atomic E-state index is -4.67. The van der Waals surface area contributed by atoms with E-state index in [1.165, 1.54) is 0 Å². The highest BCUT2D eigenvalue weighted by molar-refractivity contribution is 5.78. The SMILES string of the molecule is O=c1[nH]c2cc([N+](=O)[O-])c(F)cc2n1CC(F)(F)F. The molecule has 102 valence electrons. The van der Waals surface area contributed by atoms with Crippen LogP contribution in [0, 0.1) is 15.9 Å². The van der Waals surface area contributed by atoms with Gasteiger partial charge in [-0.25, -0.2) is 4.79 Å². The third kappa shape index (κ3) is 2.41. The number of aromatic nitrogens is 2. The van der Waals surface area contributed by atoms with Crippen LogP contribution in [0.3, 0.4) is 0 Å². The van der Waals surface area contributed by atoms with Crippen molar-refractivity contribution in [1.82, 2.24) is 9.55 Å². The van der Waals surface area contributed by atoms with E-state index in [4.69, 9.17) is 0 Å². The summed E-state index contributed by atoms with van der Waals surface area (Å²) in [6.45, 7) is -1.61. The summed E-state index contributed by atoms with van der Waals surface area (Å²) in [5.74, 6) is -1.31. The molecule has 2 rings (SSSR count). The Labute approximate surface area is 101 Å². The van der Waals surface area contributed by atoms with Crippen molar-refractivity contribution in [1.29, 1.82) is 0 Å². The summed E-state index contributed by atoms with van der Waals surface area (Å²) in [6.07, 6.45) is -4.67. The molecule has 0 fully saturated rings. The number of fused-ring (bicyclic) bond motifs is 1. The maximum absolute atomic E-state index is 13.3. The zero-order valence-electron chi connectivity index (χ0n) is 8.99. The van der Waals surface area contributed by atoms with Crippen molar-refractivity contribution in [2.75, 3.05) is 0 Å². The number of nitro groups is 1. The van der Waals surface area contributed by atoms with Crippen molar-refractivity contribution in [3.8, 4) is 0 Å². The first-order chi connectivity index (χ1) is 8.69. The second-order valence-corrected chi connectivity index (χ2v) is 3.71. The van der Waals surface area contributed by atoms with Crippen molar-refractivity contribution in [3.05, 3.63) is 38.5 Å². The van der Waals surface area contributed by atoms with E-state index < -0.39 is 34.8 Å². The van der Waals surface area contributed by atoms with E-state index in [0.29, 0.717) is 12.1 Å². The van der Waals surface area contributed by atoms with Gasteiger partial charge in [0.15, 0.2) is 0 Å². The van der Waals surface area contributed by atoms with Crippen molar-refractivity contribution in [3.63, 3.8) is 0 Å². The molecule has 0 saturated heterocycles. The Bertz CT molecular complexity index is 716. The van der Waals surface area contributed by atoms with Crippen LogP contribution < -0.4 is 5.69 Å². The van der Waals surface area contributed by atoms with Gasteiger partial charge in [-0.15, -0.1) is 0 Å². The molecule has 6 nitrogen and oxygen atoms in total. The molecule has 0 aliphatic rings. The van der Waals surface area contributed by atoms with Crippen LogP contribution in [-0.4, -0.2) is 20.7 Å². The summed E-state index contributed by atoms with van der Waals surface area (Å²) in [4.78, 5) is 22.8.